The number of benzene rings is 3. The van der Waals surface area contributed by atoms with Crippen molar-refractivity contribution in [3.05, 3.63) is 101 Å². The molecule has 1 aliphatic rings. The zero-order valence-electron chi connectivity index (χ0n) is 23.1. The summed E-state index contributed by atoms with van der Waals surface area (Å²) in [5, 5.41) is 14.6. The highest BCUT2D eigenvalue weighted by atomic mass is 35.5. The van der Waals surface area contributed by atoms with E-state index in [0.717, 1.165) is 16.7 Å². The fraction of sp³-hybridized carbons (Fsp3) is 0.333. The Kier molecular flexibility index (Phi) is 9.81. The fourth-order valence-corrected chi connectivity index (χ4v) is 7.51. The summed E-state index contributed by atoms with van der Waals surface area (Å²) in [5.74, 6) is -0.901. The lowest BCUT2D eigenvalue weighted by molar-refractivity contribution is -0.147. The maximum Gasteiger partial charge on any atom is 0.254 e. The van der Waals surface area contributed by atoms with Crippen LogP contribution in [-0.2, 0) is 32.6 Å². The lowest BCUT2D eigenvalue weighted by Crippen LogP contribution is -2.58. The second-order valence-corrected chi connectivity index (χ2v) is 14.3. The van der Waals surface area contributed by atoms with E-state index in [-0.39, 0.29) is 28.1 Å². The van der Waals surface area contributed by atoms with E-state index < -0.39 is 38.9 Å². The van der Waals surface area contributed by atoms with Crippen molar-refractivity contribution >= 4 is 45.2 Å². The molecule has 1 fully saturated rings. The lowest BCUT2D eigenvalue weighted by atomic mass is 9.97. The maximum atomic E-state index is 13.8. The largest absolute Gasteiger partial charge is 0.382 e. The molecule has 1 aliphatic heterocycles. The van der Waals surface area contributed by atoms with Crippen molar-refractivity contribution in [2.75, 3.05) is 5.88 Å². The summed E-state index contributed by atoms with van der Waals surface area (Å²) in [6.07, 6.45) is -1.72. The molecule has 4 rings (SSSR count). The van der Waals surface area contributed by atoms with E-state index in [1.54, 1.807) is 30.3 Å². The third-order valence-electron chi connectivity index (χ3n) is 7.14. The summed E-state index contributed by atoms with van der Waals surface area (Å²) >= 11 is 7.44. The Labute approximate surface area is 250 Å². The highest BCUT2D eigenvalue weighted by molar-refractivity contribution is 8.00. The predicted molar refractivity (Wildman–Crippen MR) is 162 cm³/mol. The van der Waals surface area contributed by atoms with Crippen LogP contribution in [-0.4, -0.2) is 59.1 Å². The van der Waals surface area contributed by atoms with Gasteiger partial charge in [0.05, 0.1) is 16.8 Å². The summed E-state index contributed by atoms with van der Waals surface area (Å²) in [6, 6.07) is 20.3. The fourth-order valence-electron chi connectivity index (χ4n) is 4.83. The number of nitrogens with one attached hydrogen (secondary N) is 2. The molecule has 0 saturated carbocycles. The number of sulfonamides is 1. The third-order valence-corrected chi connectivity index (χ3v) is 10.2. The topological polar surface area (TPSA) is 116 Å². The van der Waals surface area contributed by atoms with Crippen LogP contribution in [0.5, 0.6) is 0 Å². The van der Waals surface area contributed by atoms with Gasteiger partial charge in [-0.25, -0.2) is 13.1 Å². The predicted octanol–water partition coefficient (Wildman–Crippen LogP) is 3.90. The Morgan fingerprint density at radius 3 is 2.44 bits per heavy atom. The minimum Gasteiger partial charge on any atom is -0.382 e. The first-order valence-electron chi connectivity index (χ1n) is 13.2. The van der Waals surface area contributed by atoms with Gasteiger partial charge in [0.15, 0.2) is 0 Å². The SMILES string of the molecule is Cc1ccccc1CNC(=O)C1N(C(=O)C(O)C(Cc2ccccc2)NS(=O)(=O)c2cccc(Cl)c2)CSC1(C)C. The molecular formula is C30H34ClN3O5S2. The number of carbonyl (C=O) groups excluding carboxylic acids is 2. The van der Waals surface area contributed by atoms with E-state index in [0.29, 0.717) is 6.54 Å². The highest BCUT2D eigenvalue weighted by Crippen LogP contribution is 2.40. The molecule has 3 N–H and O–H groups in total. The van der Waals surface area contributed by atoms with E-state index in [1.165, 1.54) is 34.9 Å². The molecule has 1 heterocycles. The molecule has 0 spiro atoms. The molecule has 0 radical (unpaired) electrons. The van der Waals surface area contributed by atoms with Crippen molar-refractivity contribution in [2.45, 2.75) is 61.6 Å². The van der Waals surface area contributed by atoms with Gasteiger partial charge in [-0.1, -0.05) is 72.3 Å². The molecule has 3 unspecified atom stereocenters. The molecule has 3 atom stereocenters. The van der Waals surface area contributed by atoms with Crippen LogP contribution in [0.3, 0.4) is 0 Å². The first-order chi connectivity index (χ1) is 19.4. The van der Waals surface area contributed by atoms with E-state index in [9.17, 15) is 23.1 Å². The number of aliphatic hydroxyl groups is 1. The van der Waals surface area contributed by atoms with Gasteiger partial charge >= 0.3 is 0 Å². The molecule has 218 valence electrons. The van der Waals surface area contributed by atoms with Crippen LogP contribution < -0.4 is 10.0 Å². The van der Waals surface area contributed by atoms with E-state index >= 15 is 0 Å². The Bertz CT molecular complexity index is 1500. The first kappa shape index (κ1) is 31.1. The molecule has 8 nitrogen and oxygen atoms in total. The molecule has 11 heteroatoms. The zero-order chi connectivity index (χ0) is 29.8. The summed E-state index contributed by atoms with van der Waals surface area (Å²) in [6.45, 7) is 6.00. The zero-order valence-corrected chi connectivity index (χ0v) is 25.5. The number of carbonyl (C=O) groups is 2. The number of aliphatic hydroxyl groups excluding tert-OH is 1. The Morgan fingerprint density at radius 1 is 1.07 bits per heavy atom. The van der Waals surface area contributed by atoms with Gasteiger partial charge in [-0.3, -0.25) is 9.59 Å². The second-order valence-electron chi connectivity index (χ2n) is 10.6. The number of nitrogens with zero attached hydrogens (tertiary/aromatic N) is 1. The molecule has 3 aromatic rings. The maximum absolute atomic E-state index is 13.8. The third kappa shape index (κ3) is 7.50. The van der Waals surface area contributed by atoms with Gasteiger partial charge in [-0.05, 0) is 62.1 Å². The molecule has 0 aliphatic carbocycles. The summed E-state index contributed by atoms with van der Waals surface area (Å²) in [7, 11) is -4.15. The van der Waals surface area contributed by atoms with Gasteiger partial charge in [0.2, 0.25) is 15.9 Å². The average molecular weight is 616 g/mol. The Morgan fingerprint density at radius 2 is 1.76 bits per heavy atom. The molecule has 2 amide bonds. The van der Waals surface area contributed by atoms with Crippen molar-refractivity contribution in [1.29, 1.82) is 0 Å². The van der Waals surface area contributed by atoms with Crippen LogP contribution in [0.1, 0.15) is 30.5 Å². The number of thioether (sulfide) groups is 1. The normalized spacial score (nSPS) is 18.1. The molecular weight excluding hydrogens is 582 g/mol. The van der Waals surface area contributed by atoms with E-state index in [4.69, 9.17) is 11.6 Å². The van der Waals surface area contributed by atoms with E-state index in [2.05, 4.69) is 10.0 Å². The second kappa shape index (κ2) is 13.0. The monoisotopic (exact) mass is 615 g/mol. The number of halogens is 1. The Balaban J connectivity index is 1.58. The summed E-state index contributed by atoms with van der Waals surface area (Å²) in [4.78, 5) is 28.5. The van der Waals surface area contributed by atoms with Crippen LogP contribution in [0.2, 0.25) is 5.02 Å². The van der Waals surface area contributed by atoms with Crippen LogP contribution in [0.25, 0.3) is 0 Å². The van der Waals surface area contributed by atoms with Crippen molar-refractivity contribution in [1.82, 2.24) is 14.9 Å². The Hall–Kier alpha value is -2.89. The van der Waals surface area contributed by atoms with Crippen molar-refractivity contribution in [3.8, 4) is 0 Å². The van der Waals surface area contributed by atoms with Crippen molar-refractivity contribution in [3.63, 3.8) is 0 Å². The molecule has 0 bridgehead atoms. The van der Waals surface area contributed by atoms with Crippen LogP contribution >= 0.6 is 23.4 Å². The number of hydrogen-bond donors (Lipinski definition) is 3. The van der Waals surface area contributed by atoms with Crippen LogP contribution in [0, 0.1) is 6.92 Å². The smallest absolute Gasteiger partial charge is 0.254 e. The van der Waals surface area contributed by atoms with Gasteiger partial charge in [0, 0.05) is 16.3 Å². The van der Waals surface area contributed by atoms with Crippen LogP contribution in [0.4, 0.5) is 0 Å². The van der Waals surface area contributed by atoms with E-state index in [1.807, 2.05) is 51.1 Å². The molecule has 1 saturated heterocycles. The van der Waals surface area contributed by atoms with Crippen molar-refractivity contribution in [2.24, 2.45) is 0 Å². The minimum atomic E-state index is -4.15. The van der Waals surface area contributed by atoms with Gasteiger partial charge in [-0.2, -0.15) is 0 Å². The summed E-state index contributed by atoms with van der Waals surface area (Å²) in [5.41, 5.74) is 2.72. The van der Waals surface area contributed by atoms with Crippen LogP contribution in [0.15, 0.2) is 83.8 Å². The van der Waals surface area contributed by atoms with Gasteiger partial charge in [0.25, 0.3) is 5.91 Å². The number of aryl methyl sites for hydroxylation is 1. The molecule has 41 heavy (non-hydrogen) atoms. The van der Waals surface area contributed by atoms with Gasteiger partial charge in [-0.15, -0.1) is 11.8 Å². The number of rotatable bonds is 10. The molecule has 0 aromatic heterocycles. The average Bonchev–Trinajstić information content (AvgIpc) is 3.26. The van der Waals surface area contributed by atoms with Gasteiger partial charge in [0.1, 0.15) is 12.1 Å². The quantitative estimate of drug-likeness (QED) is 0.319. The lowest BCUT2D eigenvalue weighted by Gasteiger charge is -2.33. The van der Waals surface area contributed by atoms with Crippen molar-refractivity contribution < 1.29 is 23.1 Å². The number of amides is 2. The standard InChI is InChI=1S/C30H34ClN3O5S2/c1-20-10-7-8-13-22(20)18-32-28(36)27-30(2,3)40-19-34(27)29(37)26(35)25(16-21-11-5-4-6-12-21)33-41(38,39)24-15-9-14-23(31)17-24/h4-15,17,25-27,33,35H,16,18-19H2,1-3H3,(H,32,36). The first-order valence-corrected chi connectivity index (χ1v) is 16.0. The van der Waals surface area contributed by atoms with Gasteiger partial charge < -0.3 is 15.3 Å². The highest BCUT2D eigenvalue weighted by Gasteiger charge is 2.50. The summed E-state index contributed by atoms with van der Waals surface area (Å²) < 4.78 is 28.4. The minimum absolute atomic E-state index is 0.0437. The number of hydrogen-bond acceptors (Lipinski definition) is 6. The molecule has 3 aromatic carbocycles.